The van der Waals surface area contributed by atoms with E-state index >= 15 is 0 Å². The Balaban J connectivity index is 1.27. The van der Waals surface area contributed by atoms with Crippen LogP contribution in [0.25, 0.3) is 27.7 Å². The van der Waals surface area contributed by atoms with Gasteiger partial charge in [0.2, 0.25) is 0 Å². The van der Waals surface area contributed by atoms with Crippen LogP contribution in [0.15, 0.2) is 114 Å². The number of nitrogens with one attached hydrogen (secondary N) is 2. The standard InChI is InChI=1S/C29H23N5O2/c35-27(19-30-29(36)26-17-9-13-21-10-7-8-16-25(21)26)32-31-18-23-20-34(24-14-5-2-6-15-24)33-28(23)22-11-3-1-4-12-22/h1-18,20H,19H2,(H,30,36)(H,32,35)/b31-18+. The van der Waals surface area contributed by atoms with E-state index in [9.17, 15) is 9.59 Å². The molecule has 176 valence electrons. The third-order valence-electron chi connectivity index (χ3n) is 5.65. The Labute approximate surface area is 208 Å². The Kier molecular flexibility index (Phi) is 6.62. The highest BCUT2D eigenvalue weighted by molar-refractivity contribution is 6.07. The maximum Gasteiger partial charge on any atom is 0.259 e. The lowest BCUT2D eigenvalue weighted by Crippen LogP contribution is -2.35. The SMILES string of the molecule is O=C(CNC(=O)c1cccc2ccccc12)N/N=C/c1cn(-c2ccccc2)nc1-c1ccccc1. The monoisotopic (exact) mass is 473 g/mol. The van der Waals surface area contributed by atoms with E-state index in [-0.39, 0.29) is 12.5 Å². The minimum absolute atomic E-state index is 0.200. The number of nitrogens with zero attached hydrogens (tertiary/aromatic N) is 3. The number of hydrogen-bond donors (Lipinski definition) is 2. The molecule has 2 amide bonds. The second kappa shape index (κ2) is 10.5. The Morgan fingerprint density at radius 3 is 2.33 bits per heavy atom. The fourth-order valence-electron chi connectivity index (χ4n) is 3.91. The van der Waals surface area contributed by atoms with Gasteiger partial charge in [0, 0.05) is 22.9 Å². The maximum absolute atomic E-state index is 12.7. The van der Waals surface area contributed by atoms with Crippen molar-refractivity contribution in [3.05, 3.63) is 120 Å². The molecule has 1 aromatic heterocycles. The highest BCUT2D eigenvalue weighted by Crippen LogP contribution is 2.22. The molecule has 0 fully saturated rings. The molecule has 0 saturated carbocycles. The van der Waals surface area contributed by atoms with Crippen molar-refractivity contribution in [3.8, 4) is 16.9 Å². The molecule has 0 unspecified atom stereocenters. The van der Waals surface area contributed by atoms with Crippen molar-refractivity contribution in [2.24, 2.45) is 5.10 Å². The van der Waals surface area contributed by atoms with Crippen molar-refractivity contribution in [3.63, 3.8) is 0 Å². The van der Waals surface area contributed by atoms with Gasteiger partial charge in [0.05, 0.1) is 18.4 Å². The Hall–Kier alpha value is -5.04. The van der Waals surface area contributed by atoms with Crippen LogP contribution in [0, 0.1) is 0 Å². The molecule has 36 heavy (non-hydrogen) atoms. The highest BCUT2D eigenvalue weighted by atomic mass is 16.2. The Bertz CT molecular complexity index is 1540. The number of carbonyl (C=O) groups is 2. The zero-order valence-corrected chi connectivity index (χ0v) is 19.3. The van der Waals surface area contributed by atoms with Crippen LogP contribution in [0.4, 0.5) is 0 Å². The number of fused-ring (bicyclic) bond motifs is 1. The van der Waals surface area contributed by atoms with E-state index < -0.39 is 5.91 Å². The predicted octanol–water partition coefficient (Wildman–Crippen LogP) is 4.57. The molecule has 0 radical (unpaired) electrons. The molecule has 1 heterocycles. The zero-order chi connectivity index (χ0) is 24.7. The van der Waals surface area contributed by atoms with Gasteiger partial charge in [-0.05, 0) is 29.0 Å². The number of para-hydroxylation sites is 1. The third kappa shape index (κ3) is 5.05. The summed E-state index contributed by atoms with van der Waals surface area (Å²) in [5.41, 5.74) is 6.32. The van der Waals surface area contributed by atoms with Crippen molar-refractivity contribution in [2.75, 3.05) is 6.54 Å². The molecule has 5 aromatic rings. The normalized spacial score (nSPS) is 11.0. The lowest BCUT2D eigenvalue weighted by molar-refractivity contribution is -0.120. The second-order valence-corrected chi connectivity index (χ2v) is 8.08. The van der Waals surface area contributed by atoms with E-state index in [4.69, 9.17) is 5.10 Å². The number of benzene rings is 4. The largest absolute Gasteiger partial charge is 0.343 e. The summed E-state index contributed by atoms with van der Waals surface area (Å²) in [5, 5.41) is 13.3. The van der Waals surface area contributed by atoms with Crippen LogP contribution in [0.1, 0.15) is 15.9 Å². The first-order chi connectivity index (χ1) is 17.7. The van der Waals surface area contributed by atoms with Crippen LogP contribution in [0.3, 0.4) is 0 Å². The van der Waals surface area contributed by atoms with Crippen molar-refractivity contribution in [1.82, 2.24) is 20.5 Å². The molecule has 5 rings (SSSR count). The Morgan fingerprint density at radius 1 is 0.833 bits per heavy atom. The van der Waals surface area contributed by atoms with E-state index in [0.717, 1.165) is 33.3 Å². The summed E-state index contributed by atoms with van der Waals surface area (Å²) in [6, 6.07) is 32.6. The molecular formula is C29H23N5O2. The van der Waals surface area contributed by atoms with Gasteiger partial charge in [-0.3, -0.25) is 9.59 Å². The first-order valence-electron chi connectivity index (χ1n) is 11.5. The molecule has 0 aliphatic rings. The van der Waals surface area contributed by atoms with Gasteiger partial charge < -0.3 is 5.32 Å². The lowest BCUT2D eigenvalue weighted by atomic mass is 10.0. The van der Waals surface area contributed by atoms with Gasteiger partial charge in [0.25, 0.3) is 11.8 Å². The van der Waals surface area contributed by atoms with Crippen LogP contribution in [-0.4, -0.2) is 34.4 Å². The molecule has 2 N–H and O–H groups in total. The molecule has 0 atom stereocenters. The van der Waals surface area contributed by atoms with Gasteiger partial charge in [-0.2, -0.15) is 10.2 Å². The summed E-state index contributed by atoms with van der Waals surface area (Å²) in [6.45, 7) is -0.200. The Morgan fingerprint density at radius 2 is 1.53 bits per heavy atom. The number of amides is 2. The van der Waals surface area contributed by atoms with Crippen LogP contribution in [0.2, 0.25) is 0 Å². The molecular weight excluding hydrogens is 450 g/mol. The minimum atomic E-state index is -0.434. The highest BCUT2D eigenvalue weighted by Gasteiger charge is 2.12. The number of aromatic nitrogens is 2. The van der Waals surface area contributed by atoms with Gasteiger partial charge in [0.15, 0.2) is 0 Å². The topological polar surface area (TPSA) is 88.4 Å². The van der Waals surface area contributed by atoms with E-state index in [1.165, 1.54) is 0 Å². The molecule has 7 heteroatoms. The molecule has 0 bridgehead atoms. The van der Waals surface area contributed by atoms with Crippen molar-refractivity contribution >= 4 is 28.8 Å². The average Bonchev–Trinajstić information content (AvgIpc) is 3.36. The van der Waals surface area contributed by atoms with Gasteiger partial charge in [-0.1, -0.05) is 84.9 Å². The predicted molar refractivity (Wildman–Crippen MR) is 141 cm³/mol. The first kappa shape index (κ1) is 22.7. The summed E-state index contributed by atoms with van der Waals surface area (Å²) < 4.78 is 1.77. The number of hydrogen-bond acceptors (Lipinski definition) is 4. The van der Waals surface area contributed by atoms with Gasteiger partial charge in [0.1, 0.15) is 5.69 Å². The summed E-state index contributed by atoms with van der Waals surface area (Å²) >= 11 is 0. The summed E-state index contributed by atoms with van der Waals surface area (Å²) in [7, 11) is 0. The van der Waals surface area contributed by atoms with Crippen LogP contribution in [-0.2, 0) is 4.79 Å². The number of carbonyl (C=O) groups excluding carboxylic acids is 2. The van der Waals surface area contributed by atoms with Crippen LogP contribution in [0.5, 0.6) is 0 Å². The zero-order valence-electron chi connectivity index (χ0n) is 19.3. The quantitative estimate of drug-likeness (QED) is 0.268. The van der Waals surface area contributed by atoms with Gasteiger partial charge in [-0.25, -0.2) is 10.1 Å². The van der Waals surface area contributed by atoms with Crippen molar-refractivity contribution in [2.45, 2.75) is 0 Å². The molecule has 0 spiro atoms. The fraction of sp³-hybridized carbons (Fsp3) is 0.0345. The molecule has 0 aliphatic carbocycles. The molecule has 0 aliphatic heterocycles. The first-order valence-corrected chi connectivity index (χ1v) is 11.5. The number of hydrazone groups is 1. The molecule has 7 nitrogen and oxygen atoms in total. The summed E-state index contributed by atoms with van der Waals surface area (Å²) in [5.74, 6) is -0.752. The van der Waals surface area contributed by atoms with Crippen molar-refractivity contribution in [1.29, 1.82) is 0 Å². The van der Waals surface area contributed by atoms with E-state index in [2.05, 4.69) is 15.8 Å². The fourth-order valence-corrected chi connectivity index (χ4v) is 3.91. The van der Waals surface area contributed by atoms with E-state index in [0.29, 0.717) is 5.56 Å². The van der Waals surface area contributed by atoms with Crippen LogP contribution < -0.4 is 10.7 Å². The maximum atomic E-state index is 12.7. The minimum Gasteiger partial charge on any atom is -0.343 e. The second-order valence-electron chi connectivity index (χ2n) is 8.08. The lowest BCUT2D eigenvalue weighted by Gasteiger charge is -2.07. The summed E-state index contributed by atoms with van der Waals surface area (Å²) in [6.07, 6.45) is 3.41. The van der Waals surface area contributed by atoms with Gasteiger partial charge >= 0.3 is 0 Å². The third-order valence-corrected chi connectivity index (χ3v) is 5.65. The van der Waals surface area contributed by atoms with E-state index in [1.807, 2.05) is 103 Å². The van der Waals surface area contributed by atoms with Crippen molar-refractivity contribution < 1.29 is 9.59 Å². The number of rotatable bonds is 7. The average molecular weight is 474 g/mol. The molecule has 0 saturated heterocycles. The van der Waals surface area contributed by atoms with Gasteiger partial charge in [-0.15, -0.1) is 0 Å². The van der Waals surface area contributed by atoms with Crippen LogP contribution >= 0.6 is 0 Å². The van der Waals surface area contributed by atoms with E-state index in [1.54, 1.807) is 17.0 Å². The molecule has 4 aromatic carbocycles. The smallest absolute Gasteiger partial charge is 0.259 e. The summed E-state index contributed by atoms with van der Waals surface area (Å²) in [4.78, 5) is 25.0.